The van der Waals surface area contributed by atoms with Crippen molar-refractivity contribution in [3.8, 4) is 0 Å². The third kappa shape index (κ3) is 10.6. The Labute approximate surface area is 173 Å². The first-order chi connectivity index (χ1) is 14.1. The molecule has 0 spiro atoms. The fourth-order valence-electron chi connectivity index (χ4n) is 2.51. The molecule has 0 fully saturated rings. The van der Waals surface area contributed by atoms with E-state index in [0.717, 1.165) is 17.4 Å². The van der Waals surface area contributed by atoms with Gasteiger partial charge in [-0.2, -0.15) is 0 Å². The Kier molecular flexibility index (Phi) is 10.1. The van der Waals surface area contributed by atoms with Gasteiger partial charge in [0.2, 0.25) is 15.9 Å². The summed E-state index contributed by atoms with van der Waals surface area (Å²) in [7, 11) is -3.56. The Morgan fingerprint density at radius 1 is 0.931 bits per heavy atom. The Hall–Kier alpha value is -2.48. The summed E-state index contributed by atoms with van der Waals surface area (Å²) in [6.45, 7) is 1.78. The molecule has 0 saturated heterocycles. The third-order valence-corrected chi connectivity index (χ3v) is 5.16. The van der Waals surface area contributed by atoms with E-state index >= 15 is 0 Å². The van der Waals surface area contributed by atoms with Gasteiger partial charge in [-0.25, -0.2) is 13.1 Å². The number of carbonyl (C=O) groups excluding carboxylic acids is 1. The number of hydrogen-bond donors (Lipinski definition) is 2. The minimum Gasteiger partial charge on any atom is -0.381 e. The molecule has 0 aliphatic heterocycles. The highest BCUT2D eigenvalue weighted by Gasteiger charge is 2.07. The summed E-state index contributed by atoms with van der Waals surface area (Å²) in [6, 6.07) is 19.3. The molecule has 156 valence electrons. The number of hydrogen-bond acceptors (Lipinski definition) is 4. The molecule has 2 N–H and O–H groups in total. The third-order valence-electron chi connectivity index (χ3n) is 4.06. The second kappa shape index (κ2) is 12.9. The van der Waals surface area contributed by atoms with Gasteiger partial charge in [-0.05, 0) is 30.0 Å². The number of amides is 1. The van der Waals surface area contributed by atoms with Gasteiger partial charge >= 0.3 is 0 Å². The molecule has 2 aromatic rings. The molecule has 7 heteroatoms. The normalized spacial score (nSPS) is 11.6. The second-order valence-corrected chi connectivity index (χ2v) is 8.11. The Morgan fingerprint density at radius 3 is 2.34 bits per heavy atom. The lowest BCUT2D eigenvalue weighted by Gasteiger charge is -2.07. The first-order valence-electron chi connectivity index (χ1n) is 9.66. The lowest BCUT2D eigenvalue weighted by atomic mass is 10.2. The van der Waals surface area contributed by atoms with Crippen LogP contribution in [0, 0.1) is 0 Å². The molecule has 0 saturated carbocycles. The van der Waals surface area contributed by atoms with E-state index in [9.17, 15) is 13.2 Å². The molecule has 2 aromatic carbocycles. The van der Waals surface area contributed by atoms with Gasteiger partial charge in [0, 0.05) is 31.5 Å². The highest BCUT2D eigenvalue weighted by molar-refractivity contribution is 7.92. The average molecular weight is 417 g/mol. The molecule has 6 nitrogen and oxygen atoms in total. The molecule has 0 aromatic heterocycles. The van der Waals surface area contributed by atoms with E-state index in [-0.39, 0.29) is 18.9 Å². The summed E-state index contributed by atoms with van der Waals surface area (Å²) >= 11 is 0. The van der Waals surface area contributed by atoms with Gasteiger partial charge in [0.05, 0.1) is 6.61 Å². The number of nitrogens with one attached hydrogen (secondary N) is 2. The van der Waals surface area contributed by atoms with Gasteiger partial charge < -0.3 is 10.1 Å². The quantitative estimate of drug-likeness (QED) is 0.492. The summed E-state index contributed by atoms with van der Waals surface area (Å²) in [6.07, 6.45) is 3.19. The second-order valence-electron chi connectivity index (χ2n) is 6.45. The van der Waals surface area contributed by atoms with Crippen LogP contribution in [0.4, 0.5) is 0 Å². The van der Waals surface area contributed by atoms with Crippen LogP contribution in [0.3, 0.4) is 0 Å². The number of sulfonamides is 1. The highest BCUT2D eigenvalue weighted by Crippen LogP contribution is 2.03. The lowest BCUT2D eigenvalue weighted by Crippen LogP contribution is -2.30. The van der Waals surface area contributed by atoms with Crippen LogP contribution >= 0.6 is 0 Å². The zero-order chi connectivity index (χ0) is 20.8. The summed E-state index contributed by atoms with van der Waals surface area (Å²) < 4.78 is 31.8. The number of ether oxygens (including phenoxy) is 1. The fourth-order valence-corrected chi connectivity index (χ4v) is 3.33. The molecule has 0 unspecified atom stereocenters. The van der Waals surface area contributed by atoms with Crippen LogP contribution in [-0.4, -0.2) is 40.6 Å². The average Bonchev–Trinajstić information content (AvgIpc) is 2.73. The van der Waals surface area contributed by atoms with Crippen molar-refractivity contribution in [2.45, 2.75) is 19.3 Å². The largest absolute Gasteiger partial charge is 0.381 e. The van der Waals surface area contributed by atoms with Crippen LogP contribution < -0.4 is 10.0 Å². The predicted molar refractivity (Wildman–Crippen MR) is 116 cm³/mol. The van der Waals surface area contributed by atoms with E-state index in [1.807, 2.05) is 48.5 Å². The smallest absolute Gasteiger partial charge is 0.233 e. The molecule has 29 heavy (non-hydrogen) atoms. The van der Waals surface area contributed by atoms with E-state index in [4.69, 9.17) is 4.74 Å². The van der Waals surface area contributed by atoms with Crippen LogP contribution in [0.25, 0.3) is 6.08 Å². The van der Waals surface area contributed by atoms with Crippen LogP contribution in [0.1, 0.15) is 24.0 Å². The molecule has 0 aliphatic carbocycles. The molecule has 0 aliphatic rings. The van der Waals surface area contributed by atoms with Crippen molar-refractivity contribution in [2.75, 3.05) is 26.3 Å². The monoisotopic (exact) mass is 416 g/mol. The maximum absolute atomic E-state index is 11.9. The minimum absolute atomic E-state index is 0.0564. The van der Waals surface area contributed by atoms with Crippen molar-refractivity contribution in [1.29, 1.82) is 0 Å². The Balaban J connectivity index is 1.50. The van der Waals surface area contributed by atoms with Crippen molar-refractivity contribution >= 4 is 22.0 Å². The van der Waals surface area contributed by atoms with Gasteiger partial charge in [-0.3, -0.25) is 4.79 Å². The van der Waals surface area contributed by atoms with E-state index in [1.54, 1.807) is 0 Å². The van der Waals surface area contributed by atoms with Crippen molar-refractivity contribution in [3.63, 3.8) is 0 Å². The minimum atomic E-state index is -3.56. The van der Waals surface area contributed by atoms with E-state index in [0.29, 0.717) is 26.2 Å². The molecule has 2 rings (SSSR count). The van der Waals surface area contributed by atoms with Crippen molar-refractivity contribution in [3.05, 3.63) is 77.2 Å². The van der Waals surface area contributed by atoms with Gasteiger partial charge in [0.15, 0.2) is 0 Å². The summed E-state index contributed by atoms with van der Waals surface area (Å²) in [5, 5.41) is 3.87. The predicted octanol–water partition coefficient (Wildman–Crippen LogP) is 2.73. The van der Waals surface area contributed by atoms with E-state index in [1.165, 1.54) is 11.6 Å². The summed E-state index contributed by atoms with van der Waals surface area (Å²) in [5.41, 5.74) is 2.03. The topological polar surface area (TPSA) is 84.5 Å². The van der Waals surface area contributed by atoms with Gasteiger partial charge in [-0.1, -0.05) is 60.7 Å². The number of benzene rings is 2. The van der Waals surface area contributed by atoms with Crippen LogP contribution in [0.5, 0.6) is 0 Å². The van der Waals surface area contributed by atoms with Gasteiger partial charge in [0.25, 0.3) is 0 Å². The fraction of sp³-hybridized carbons (Fsp3) is 0.318. The standard InChI is InChI=1S/C22H28N2O4S/c25-22(23-15-7-17-28-18-13-20-8-3-1-4-9-20)12-16-24-29(26,27)19-14-21-10-5-2-6-11-21/h1-6,8-11,14,19,24H,7,12-13,15-18H2,(H,23,25). The van der Waals surface area contributed by atoms with Crippen LogP contribution in [0.2, 0.25) is 0 Å². The maximum Gasteiger partial charge on any atom is 0.233 e. The van der Waals surface area contributed by atoms with Crippen LogP contribution in [-0.2, 0) is 26.0 Å². The zero-order valence-corrected chi connectivity index (χ0v) is 17.2. The molecule has 0 heterocycles. The number of carbonyl (C=O) groups is 1. The van der Waals surface area contributed by atoms with Crippen LogP contribution in [0.15, 0.2) is 66.1 Å². The molecular formula is C22H28N2O4S. The SMILES string of the molecule is O=C(CCNS(=O)(=O)C=Cc1ccccc1)NCCCOCCc1ccccc1. The van der Waals surface area contributed by atoms with Gasteiger partial charge in [0.1, 0.15) is 0 Å². The molecule has 0 radical (unpaired) electrons. The first kappa shape index (κ1) is 22.8. The zero-order valence-electron chi connectivity index (χ0n) is 16.4. The molecule has 0 atom stereocenters. The van der Waals surface area contributed by atoms with Crippen molar-refractivity contribution in [2.24, 2.45) is 0 Å². The van der Waals surface area contributed by atoms with E-state index < -0.39 is 10.0 Å². The van der Waals surface area contributed by atoms with Crippen molar-refractivity contribution < 1.29 is 17.9 Å². The van der Waals surface area contributed by atoms with Gasteiger partial charge in [-0.15, -0.1) is 0 Å². The maximum atomic E-state index is 11.9. The molecular weight excluding hydrogens is 388 g/mol. The number of rotatable bonds is 13. The first-order valence-corrected chi connectivity index (χ1v) is 11.2. The Morgan fingerprint density at radius 2 is 1.62 bits per heavy atom. The molecule has 1 amide bonds. The molecule has 0 bridgehead atoms. The Bertz CT molecular complexity index is 853. The highest BCUT2D eigenvalue weighted by atomic mass is 32.2. The summed E-state index contributed by atoms with van der Waals surface area (Å²) in [4.78, 5) is 11.8. The summed E-state index contributed by atoms with van der Waals surface area (Å²) in [5.74, 6) is -0.191. The van der Waals surface area contributed by atoms with E-state index in [2.05, 4.69) is 22.2 Å². The lowest BCUT2D eigenvalue weighted by molar-refractivity contribution is -0.120. The van der Waals surface area contributed by atoms with Crippen molar-refractivity contribution in [1.82, 2.24) is 10.0 Å².